The first-order valence-electron chi connectivity index (χ1n) is 7.73. The fourth-order valence-electron chi connectivity index (χ4n) is 3.35. The van der Waals surface area contributed by atoms with Gasteiger partial charge in [-0.05, 0) is 25.0 Å². The van der Waals surface area contributed by atoms with Gasteiger partial charge >= 0.3 is 0 Å². The first kappa shape index (κ1) is 16.1. The van der Waals surface area contributed by atoms with Crippen LogP contribution in [0.5, 0.6) is 0 Å². The fraction of sp³-hybridized carbons (Fsp3) is 0.412. The molecule has 1 saturated heterocycles. The minimum Gasteiger partial charge on any atom is -0.316 e. The summed E-state index contributed by atoms with van der Waals surface area (Å²) in [6.45, 7) is 0.547. The highest BCUT2D eigenvalue weighted by molar-refractivity contribution is 6.31. The van der Waals surface area contributed by atoms with Gasteiger partial charge < -0.3 is 4.90 Å². The van der Waals surface area contributed by atoms with Crippen molar-refractivity contribution < 1.29 is 18.9 Å². The summed E-state index contributed by atoms with van der Waals surface area (Å²) in [5.74, 6) is -1.03. The second-order valence-electron chi connectivity index (χ2n) is 6.25. The second kappa shape index (κ2) is 6.42. The second-order valence-corrected chi connectivity index (χ2v) is 6.66. The van der Waals surface area contributed by atoms with E-state index >= 15 is 0 Å². The van der Waals surface area contributed by atoms with Crippen LogP contribution in [0, 0.1) is 17.7 Å². The maximum atomic E-state index is 13.9. The number of imide groups is 1. The van der Waals surface area contributed by atoms with Crippen molar-refractivity contribution in [3.8, 4) is 0 Å². The molecule has 0 saturated carbocycles. The van der Waals surface area contributed by atoms with E-state index in [1.54, 1.807) is 12.1 Å². The average Bonchev–Trinajstić information content (AvgIpc) is 2.77. The lowest BCUT2D eigenvalue weighted by Gasteiger charge is -2.21. The van der Waals surface area contributed by atoms with Crippen molar-refractivity contribution >= 4 is 23.4 Å². The molecule has 23 heavy (non-hydrogen) atoms. The molecule has 1 fully saturated rings. The molecular formula is C17H19ClFN2O2+. The van der Waals surface area contributed by atoms with Gasteiger partial charge in [0.05, 0.1) is 29.5 Å². The van der Waals surface area contributed by atoms with Crippen molar-refractivity contribution in [1.82, 2.24) is 4.90 Å². The largest absolute Gasteiger partial charge is 0.316 e. The molecule has 0 radical (unpaired) electrons. The number of allylic oxidation sites excluding steroid dienone is 2. The maximum absolute atomic E-state index is 13.9. The molecule has 6 heteroatoms. The van der Waals surface area contributed by atoms with Crippen molar-refractivity contribution in [2.24, 2.45) is 11.8 Å². The Labute approximate surface area is 139 Å². The van der Waals surface area contributed by atoms with E-state index < -0.39 is 0 Å². The molecular weight excluding hydrogens is 319 g/mol. The number of carbonyl (C=O) groups is 2. The fourth-order valence-corrected chi connectivity index (χ4v) is 3.58. The molecule has 0 aromatic heterocycles. The number of hydrogen-bond acceptors (Lipinski definition) is 2. The number of amides is 2. The van der Waals surface area contributed by atoms with Gasteiger partial charge in [0.15, 0.2) is 6.67 Å². The quantitative estimate of drug-likeness (QED) is 0.666. The number of likely N-dealkylation sites (tertiary alicyclic amines) is 1. The Morgan fingerprint density at radius 3 is 2.39 bits per heavy atom. The van der Waals surface area contributed by atoms with Crippen LogP contribution in [0.2, 0.25) is 5.02 Å². The topological polar surface area (TPSA) is 41.8 Å². The zero-order chi connectivity index (χ0) is 16.6. The SMILES string of the molecule is C[NH+](Cc1c(F)cccc1Cl)CN1C(=O)[C@H]2CC=CC[C@@H]2C1=O. The van der Waals surface area contributed by atoms with Gasteiger partial charge in [0.2, 0.25) is 11.8 Å². The van der Waals surface area contributed by atoms with Crippen LogP contribution in [0.1, 0.15) is 18.4 Å². The van der Waals surface area contributed by atoms with E-state index in [1.807, 2.05) is 19.2 Å². The van der Waals surface area contributed by atoms with Gasteiger partial charge in [-0.15, -0.1) is 0 Å². The number of carbonyl (C=O) groups excluding carboxylic acids is 2. The Morgan fingerprint density at radius 1 is 1.22 bits per heavy atom. The Morgan fingerprint density at radius 2 is 1.83 bits per heavy atom. The molecule has 3 rings (SSSR count). The summed E-state index contributed by atoms with van der Waals surface area (Å²) in [6.07, 6.45) is 5.19. The Hall–Kier alpha value is -1.72. The number of quaternary nitrogens is 1. The van der Waals surface area contributed by atoms with Crippen molar-refractivity contribution in [1.29, 1.82) is 0 Å². The lowest BCUT2D eigenvalue weighted by molar-refractivity contribution is -0.901. The summed E-state index contributed by atoms with van der Waals surface area (Å²) < 4.78 is 13.9. The summed E-state index contributed by atoms with van der Waals surface area (Å²) in [5.41, 5.74) is 0.407. The van der Waals surface area contributed by atoms with Crippen LogP contribution in [-0.4, -0.2) is 30.4 Å². The minimum atomic E-state index is -0.367. The monoisotopic (exact) mass is 337 g/mol. The molecule has 0 spiro atoms. The number of nitrogens with zero attached hydrogens (tertiary/aromatic N) is 1. The van der Waals surface area contributed by atoms with E-state index in [0.29, 0.717) is 30.0 Å². The molecule has 1 aliphatic heterocycles. The van der Waals surface area contributed by atoms with E-state index in [1.165, 1.54) is 11.0 Å². The first-order valence-corrected chi connectivity index (χ1v) is 8.11. The van der Waals surface area contributed by atoms with Crippen LogP contribution in [0.25, 0.3) is 0 Å². The van der Waals surface area contributed by atoms with Crippen molar-refractivity contribution in [3.05, 3.63) is 46.8 Å². The summed E-state index contributed by atoms with van der Waals surface area (Å²) >= 11 is 6.04. The lowest BCUT2D eigenvalue weighted by atomic mass is 9.85. The number of halogens is 2. The van der Waals surface area contributed by atoms with Gasteiger partial charge in [-0.1, -0.05) is 29.8 Å². The van der Waals surface area contributed by atoms with Crippen molar-refractivity contribution in [3.63, 3.8) is 0 Å². The average molecular weight is 338 g/mol. The molecule has 1 unspecified atom stereocenters. The van der Waals surface area contributed by atoms with E-state index in [0.717, 1.165) is 4.90 Å². The molecule has 1 N–H and O–H groups in total. The predicted octanol–water partition coefficient (Wildman–Crippen LogP) is 1.40. The van der Waals surface area contributed by atoms with Gasteiger partial charge in [0.25, 0.3) is 0 Å². The highest BCUT2D eigenvalue weighted by Crippen LogP contribution is 2.34. The van der Waals surface area contributed by atoms with Gasteiger partial charge in [0.1, 0.15) is 12.4 Å². The van der Waals surface area contributed by atoms with E-state index in [2.05, 4.69) is 0 Å². The predicted molar refractivity (Wildman–Crippen MR) is 84.1 cm³/mol. The molecule has 4 nitrogen and oxygen atoms in total. The third-order valence-corrected chi connectivity index (χ3v) is 4.92. The zero-order valence-corrected chi connectivity index (χ0v) is 13.6. The maximum Gasteiger partial charge on any atom is 0.237 e. The third kappa shape index (κ3) is 3.03. The molecule has 1 aliphatic carbocycles. The third-order valence-electron chi connectivity index (χ3n) is 4.57. The van der Waals surface area contributed by atoms with Crippen molar-refractivity contribution in [2.45, 2.75) is 19.4 Å². The van der Waals surface area contributed by atoms with E-state index in [9.17, 15) is 14.0 Å². The van der Waals surface area contributed by atoms with Gasteiger partial charge in [0, 0.05) is 0 Å². The van der Waals surface area contributed by atoms with Crippen LogP contribution in [-0.2, 0) is 16.1 Å². The smallest absolute Gasteiger partial charge is 0.237 e. The zero-order valence-electron chi connectivity index (χ0n) is 12.9. The Bertz CT molecular complexity index is 630. The molecule has 3 atom stereocenters. The first-order chi connectivity index (χ1) is 11.0. The molecule has 2 amide bonds. The summed E-state index contributed by atoms with van der Waals surface area (Å²) in [7, 11) is 1.82. The normalized spacial score (nSPS) is 24.9. The molecule has 122 valence electrons. The van der Waals surface area contributed by atoms with Crippen LogP contribution in [0.15, 0.2) is 30.4 Å². The Kier molecular flexibility index (Phi) is 4.50. The summed E-state index contributed by atoms with van der Waals surface area (Å²) in [4.78, 5) is 27.0. The standard InChI is InChI=1S/C17H18ClFN2O2/c1-20(9-13-14(18)7-4-8-15(13)19)10-21-16(22)11-5-2-3-6-12(11)17(21)23/h2-4,7-8,11-12H,5-6,9-10H2,1H3/p+1/t11-,12-/m0/s1. The summed E-state index contributed by atoms with van der Waals surface area (Å²) in [5, 5.41) is 0.362. The minimum absolute atomic E-state index is 0.108. The highest BCUT2D eigenvalue weighted by Gasteiger charge is 2.48. The molecule has 1 heterocycles. The van der Waals surface area contributed by atoms with Gasteiger partial charge in [-0.25, -0.2) is 9.29 Å². The van der Waals surface area contributed by atoms with Crippen LogP contribution in [0.4, 0.5) is 4.39 Å². The van der Waals surface area contributed by atoms with Gasteiger partial charge in [-0.3, -0.25) is 9.59 Å². The summed E-state index contributed by atoms with van der Waals surface area (Å²) in [6, 6.07) is 4.56. The van der Waals surface area contributed by atoms with E-state index in [4.69, 9.17) is 11.6 Å². The number of nitrogens with one attached hydrogen (secondary N) is 1. The number of benzene rings is 1. The molecule has 1 aromatic rings. The number of fused-ring (bicyclic) bond motifs is 1. The van der Waals surface area contributed by atoms with E-state index in [-0.39, 0.29) is 36.1 Å². The number of rotatable bonds is 4. The van der Waals surface area contributed by atoms with Crippen LogP contribution in [0.3, 0.4) is 0 Å². The Balaban J connectivity index is 1.70. The highest BCUT2D eigenvalue weighted by atomic mass is 35.5. The number of hydrogen-bond donors (Lipinski definition) is 1. The molecule has 0 bridgehead atoms. The molecule has 2 aliphatic rings. The van der Waals surface area contributed by atoms with Crippen LogP contribution >= 0.6 is 11.6 Å². The van der Waals surface area contributed by atoms with Crippen molar-refractivity contribution in [2.75, 3.05) is 13.7 Å². The lowest BCUT2D eigenvalue weighted by Crippen LogP contribution is -3.09. The molecule has 1 aromatic carbocycles. The van der Waals surface area contributed by atoms with Crippen LogP contribution < -0.4 is 4.90 Å². The van der Waals surface area contributed by atoms with Gasteiger partial charge in [-0.2, -0.15) is 0 Å².